The zero-order valence-corrected chi connectivity index (χ0v) is 7.60. The highest BCUT2D eigenvalue weighted by Crippen LogP contribution is 2.01. The van der Waals surface area contributed by atoms with Crippen LogP contribution in [0.25, 0.3) is 0 Å². The fourth-order valence-corrected chi connectivity index (χ4v) is 0.822. The molecule has 0 aliphatic heterocycles. The summed E-state index contributed by atoms with van der Waals surface area (Å²) in [6.07, 6.45) is 0. The second kappa shape index (κ2) is 6.26. The molecule has 0 amide bonds. The van der Waals surface area contributed by atoms with Gasteiger partial charge in [0.1, 0.15) is 0 Å². The smallest absolute Gasteiger partial charge is 0.306 e. The molecule has 0 spiro atoms. The van der Waals surface area contributed by atoms with Crippen molar-refractivity contribution in [3.8, 4) is 0 Å². The molecule has 0 aromatic heterocycles. The Kier molecular flexibility index (Phi) is 5.99. The second-order valence-corrected chi connectivity index (χ2v) is 2.16. The molecule has 60 valence electrons. The molecule has 1 N–H and O–H groups in total. The lowest BCUT2D eigenvalue weighted by Gasteiger charge is -1.94. The van der Waals surface area contributed by atoms with E-state index in [4.69, 9.17) is 16.6 Å². The molecule has 1 aromatic carbocycles. The van der Waals surface area contributed by atoms with E-state index < -0.39 is 0 Å². The predicted octanol–water partition coefficient (Wildman–Crippen LogP) is 1.34. The van der Waals surface area contributed by atoms with Gasteiger partial charge in [0.2, 0.25) is 0 Å². The van der Waals surface area contributed by atoms with E-state index in [-0.39, 0.29) is 7.48 Å². The summed E-state index contributed by atoms with van der Waals surface area (Å²) in [5, 5.41) is 9.26. The predicted molar refractivity (Wildman–Crippen MR) is 51.8 cm³/mol. The Morgan fingerprint density at radius 2 is 1.82 bits per heavy atom. The monoisotopic (exact) mass is 170 g/mol. The molecule has 1 rings (SSSR count). The molecule has 0 atom stereocenters. The van der Waals surface area contributed by atoms with Crippen LogP contribution in [-0.4, -0.2) is 12.5 Å². The van der Waals surface area contributed by atoms with Gasteiger partial charge in [0.05, 0.1) is 0 Å². The molecule has 0 bridgehead atoms. The molecular weight excluding hydrogens is 158 g/mol. The minimum Gasteiger partial charge on any atom is -0.449 e. The number of halogens is 1. The van der Waals surface area contributed by atoms with Crippen LogP contribution < -0.4 is 5.46 Å². The van der Waals surface area contributed by atoms with Gasteiger partial charge in [0, 0.05) is 5.02 Å². The first-order chi connectivity index (χ1) is 5.34. The first kappa shape index (κ1) is 10.5. The topological polar surface area (TPSA) is 20.2 Å². The molecule has 0 unspecified atom stereocenters. The van der Waals surface area contributed by atoms with Crippen LogP contribution in [0, 0.1) is 0 Å². The Hall–Kier alpha value is -0.465. The van der Waals surface area contributed by atoms with Crippen molar-refractivity contribution in [2.24, 2.45) is 0 Å². The average molecular weight is 170 g/mol. The standard InChI is InChI=1S/C6H6BClO.C2H6/c8-6-4-2-1-3-5(6)7-9;1-2/h1-4,7,9H;1-2H3. The Morgan fingerprint density at radius 1 is 1.27 bits per heavy atom. The average Bonchev–Trinajstić information content (AvgIpc) is 2.09. The highest BCUT2D eigenvalue weighted by molar-refractivity contribution is 6.52. The summed E-state index contributed by atoms with van der Waals surface area (Å²) in [7, 11) is 0.0136. The van der Waals surface area contributed by atoms with Gasteiger partial charge in [0.25, 0.3) is 0 Å². The summed E-state index contributed by atoms with van der Waals surface area (Å²) in [6.45, 7) is 4.00. The summed E-state index contributed by atoms with van der Waals surface area (Å²) < 4.78 is 0. The van der Waals surface area contributed by atoms with Crippen molar-refractivity contribution in [2.45, 2.75) is 13.8 Å². The van der Waals surface area contributed by atoms with Crippen molar-refractivity contribution in [3.05, 3.63) is 29.3 Å². The Balaban J connectivity index is 0.000000461. The van der Waals surface area contributed by atoms with Gasteiger partial charge in [-0.1, -0.05) is 43.6 Å². The normalized spacial score (nSPS) is 8.00. The van der Waals surface area contributed by atoms with E-state index in [2.05, 4.69) is 0 Å². The quantitative estimate of drug-likeness (QED) is 0.631. The second-order valence-electron chi connectivity index (χ2n) is 1.75. The van der Waals surface area contributed by atoms with Gasteiger partial charge in [-0.25, -0.2) is 0 Å². The van der Waals surface area contributed by atoms with Crippen LogP contribution in [0.2, 0.25) is 5.02 Å². The van der Waals surface area contributed by atoms with Crippen molar-refractivity contribution in [3.63, 3.8) is 0 Å². The van der Waals surface area contributed by atoms with Crippen LogP contribution in [0.15, 0.2) is 24.3 Å². The highest BCUT2D eigenvalue weighted by atomic mass is 35.5. The summed E-state index contributed by atoms with van der Waals surface area (Å²) >= 11 is 5.66. The maximum absolute atomic E-state index is 8.63. The number of benzene rings is 1. The van der Waals surface area contributed by atoms with Crippen LogP contribution in [0.1, 0.15) is 13.8 Å². The van der Waals surface area contributed by atoms with Gasteiger partial charge in [-0.05, 0) is 11.5 Å². The van der Waals surface area contributed by atoms with Gasteiger partial charge in [-0.15, -0.1) is 0 Å². The molecule has 0 fully saturated rings. The Bertz CT molecular complexity index is 203. The third-order valence-corrected chi connectivity index (χ3v) is 1.50. The molecule has 0 aliphatic rings. The van der Waals surface area contributed by atoms with Crippen molar-refractivity contribution >= 4 is 24.5 Å². The zero-order chi connectivity index (χ0) is 8.69. The SMILES string of the molecule is CC.OBc1ccccc1Cl. The van der Waals surface area contributed by atoms with Crippen LogP contribution >= 0.6 is 11.6 Å². The van der Waals surface area contributed by atoms with E-state index in [1.54, 1.807) is 12.1 Å². The molecule has 1 nitrogen and oxygen atoms in total. The molecule has 0 saturated heterocycles. The van der Waals surface area contributed by atoms with E-state index in [0.717, 1.165) is 5.46 Å². The van der Waals surface area contributed by atoms with Crippen LogP contribution in [-0.2, 0) is 0 Å². The van der Waals surface area contributed by atoms with Crippen LogP contribution in [0.4, 0.5) is 0 Å². The summed E-state index contributed by atoms with van der Waals surface area (Å²) in [5.74, 6) is 0. The maximum atomic E-state index is 8.63. The molecule has 0 radical (unpaired) electrons. The molecule has 0 saturated carbocycles. The molecule has 0 heterocycles. The molecule has 3 heteroatoms. The lowest BCUT2D eigenvalue weighted by atomic mass is 9.89. The van der Waals surface area contributed by atoms with Crippen molar-refractivity contribution in [1.82, 2.24) is 0 Å². The zero-order valence-electron chi connectivity index (χ0n) is 6.84. The first-order valence-corrected chi connectivity index (χ1v) is 4.06. The van der Waals surface area contributed by atoms with Gasteiger partial charge in [-0.3, -0.25) is 0 Å². The van der Waals surface area contributed by atoms with Gasteiger partial charge in [-0.2, -0.15) is 0 Å². The van der Waals surface area contributed by atoms with Crippen LogP contribution in [0.3, 0.4) is 0 Å². The highest BCUT2D eigenvalue weighted by Gasteiger charge is 1.95. The fraction of sp³-hybridized carbons (Fsp3) is 0.250. The number of hydrogen-bond donors (Lipinski definition) is 1. The fourth-order valence-electron chi connectivity index (χ4n) is 0.627. The molecule has 11 heavy (non-hydrogen) atoms. The van der Waals surface area contributed by atoms with E-state index in [1.807, 2.05) is 26.0 Å². The van der Waals surface area contributed by atoms with E-state index in [0.29, 0.717) is 5.02 Å². The molecule has 0 aliphatic carbocycles. The van der Waals surface area contributed by atoms with Crippen molar-refractivity contribution < 1.29 is 5.02 Å². The molecule has 1 aromatic rings. The Labute approximate surface area is 73.3 Å². The first-order valence-electron chi connectivity index (χ1n) is 3.69. The largest absolute Gasteiger partial charge is 0.449 e. The van der Waals surface area contributed by atoms with Gasteiger partial charge in [0.15, 0.2) is 0 Å². The maximum Gasteiger partial charge on any atom is 0.306 e. The van der Waals surface area contributed by atoms with Crippen molar-refractivity contribution in [2.75, 3.05) is 0 Å². The van der Waals surface area contributed by atoms with Gasteiger partial charge >= 0.3 is 7.48 Å². The van der Waals surface area contributed by atoms with Crippen molar-refractivity contribution in [1.29, 1.82) is 0 Å². The lowest BCUT2D eigenvalue weighted by molar-refractivity contribution is 0.615. The molecular formula is C8H12BClO. The van der Waals surface area contributed by atoms with E-state index in [1.165, 1.54) is 0 Å². The summed E-state index contributed by atoms with van der Waals surface area (Å²) in [6, 6.07) is 7.23. The third kappa shape index (κ3) is 3.45. The minimum absolute atomic E-state index is 0.0136. The third-order valence-electron chi connectivity index (χ3n) is 1.13. The minimum atomic E-state index is 0.0136. The lowest BCUT2D eigenvalue weighted by Crippen LogP contribution is -2.13. The van der Waals surface area contributed by atoms with Gasteiger partial charge < -0.3 is 5.02 Å². The summed E-state index contributed by atoms with van der Waals surface area (Å²) in [5.41, 5.74) is 0.777. The Morgan fingerprint density at radius 3 is 2.18 bits per heavy atom. The number of hydrogen-bond acceptors (Lipinski definition) is 1. The van der Waals surface area contributed by atoms with Crippen LogP contribution in [0.5, 0.6) is 0 Å². The number of rotatable bonds is 1. The van der Waals surface area contributed by atoms with E-state index >= 15 is 0 Å². The van der Waals surface area contributed by atoms with E-state index in [9.17, 15) is 0 Å². The summed E-state index contributed by atoms with van der Waals surface area (Å²) in [4.78, 5) is 0.